The van der Waals surface area contributed by atoms with E-state index in [-0.39, 0.29) is 0 Å². The molecule has 0 unspecified atom stereocenters. The van der Waals surface area contributed by atoms with Crippen molar-refractivity contribution in [1.29, 1.82) is 0 Å². The molecule has 0 radical (unpaired) electrons. The molecular weight excluding hydrogens is 243 g/mol. The summed E-state index contributed by atoms with van der Waals surface area (Å²) < 4.78 is 2.03. The number of imidazole rings is 1. The van der Waals surface area contributed by atoms with Crippen LogP contribution in [0.2, 0.25) is 10.0 Å². The van der Waals surface area contributed by atoms with Gasteiger partial charge in [0.05, 0.1) is 10.0 Å². The average molecular weight is 255 g/mol. The molecule has 1 aromatic carbocycles. The molecule has 2 nitrogen and oxygen atoms in total. The van der Waals surface area contributed by atoms with E-state index in [1.807, 2.05) is 42.2 Å². The van der Waals surface area contributed by atoms with E-state index in [0.29, 0.717) is 10.0 Å². The van der Waals surface area contributed by atoms with E-state index in [0.717, 1.165) is 18.7 Å². The second-order valence-corrected chi connectivity index (χ2v) is 4.52. The zero-order valence-corrected chi connectivity index (χ0v) is 10.5. The van der Waals surface area contributed by atoms with Crippen molar-refractivity contribution in [3.05, 3.63) is 52.0 Å². The quantitative estimate of drug-likeness (QED) is 0.820. The summed E-state index contributed by atoms with van der Waals surface area (Å²) in [7, 11) is 2.00. The monoisotopic (exact) mass is 254 g/mol. The van der Waals surface area contributed by atoms with Crippen LogP contribution in [0.25, 0.3) is 0 Å². The van der Waals surface area contributed by atoms with Gasteiger partial charge in [-0.25, -0.2) is 4.98 Å². The number of benzene rings is 1. The lowest BCUT2D eigenvalue weighted by Gasteiger charge is -2.03. The highest BCUT2D eigenvalue weighted by Gasteiger charge is 2.02. The highest BCUT2D eigenvalue weighted by molar-refractivity contribution is 6.42. The first-order valence-corrected chi connectivity index (χ1v) is 5.82. The molecule has 0 amide bonds. The molecule has 0 saturated carbocycles. The lowest BCUT2D eigenvalue weighted by atomic mass is 10.1. The summed E-state index contributed by atoms with van der Waals surface area (Å²) in [5.41, 5.74) is 1.18. The van der Waals surface area contributed by atoms with Gasteiger partial charge in [0, 0.05) is 25.9 Å². The number of aryl methyl sites for hydroxylation is 3. The van der Waals surface area contributed by atoms with Crippen molar-refractivity contribution < 1.29 is 0 Å². The maximum absolute atomic E-state index is 5.95. The molecule has 4 heteroatoms. The first-order valence-electron chi connectivity index (χ1n) is 5.07. The third-order valence-electron chi connectivity index (χ3n) is 2.54. The fourth-order valence-corrected chi connectivity index (χ4v) is 1.91. The summed E-state index contributed by atoms with van der Waals surface area (Å²) in [6.07, 6.45) is 5.58. The Morgan fingerprint density at radius 2 is 2.00 bits per heavy atom. The fourth-order valence-electron chi connectivity index (χ4n) is 1.59. The van der Waals surface area contributed by atoms with Crippen LogP contribution in [0.3, 0.4) is 0 Å². The van der Waals surface area contributed by atoms with Crippen LogP contribution in [0.5, 0.6) is 0 Å². The maximum atomic E-state index is 5.95. The molecular formula is C12H12Cl2N2. The molecule has 0 bridgehead atoms. The van der Waals surface area contributed by atoms with Gasteiger partial charge in [-0.2, -0.15) is 0 Å². The van der Waals surface area contributed by atoms with Gasteiger partial charge in [-0.1, -0.05) is 29.3 Å². The number of hydrogen-bond donors (Lipinski definition) is 0. The van der Waals surface area contributed by atoms with Gasteiger partial charge in [0.15, 0.2) is 0 Å². The Morgan fingerprint density at radius 1 is 1.19 bits per heavy atom. The SMILES string of the molecule is Cn1ccnc1CCc1ccc(Cl)c(Cl)c1. The molecule has 0 N–H and O–H groups in total. The minimum absolute atomic E-state index is 0.599. The van der Waals surface area contributed by atoms with Crippen molar-refractivity contribution in [3.63, 3.8) is 0 Å². The van der Waals surface area contributed by atoms with Gasteiger partial charge in [-0.15, -0.1) is 0 Å². The van der Waals surface area contributed by atoms with Crippen molar-refractivity contribution in [2.24, 2.45) is 7.05 Å². The Hall–Kier alpha value is -0.990. The molecule has 84 valence electrons. The summed E-state index contributed by atoms with van der Waals surface area (Å²) in [5, 5.41) is 1.21. The van der Waals surface area contributed by atoms with Gasteiger partial charge in [0.1, 0.15) is 5.82 Å². The first-order chi connectivity index (χ1) is 7.66. The van der Waals surface area contributed by atoms with Gasteiger partial charge in [-0.05, 0) is 24.1 Å². The van der Waals surface area contributed by atoms with Gasteiger partial charge < -0.3 is 4.57 Å². The molecule has 0 saturated heterocycles. The van der Waals surface area contributed by atoms with E-state index in [2.05, 4.69) is 4.98 Å². The standard InChI is InChI=1S/C12H12Cl2N2/c1-16-7-6-15-12(16)5-3-9-2-4-10(13)11(14)8-9/h2,4,6-8H,3,5H2,1H3. The van der Waals surface area contributed by atoms with Crippen LogP contribution in [0, 0.1) is 0 Å². The highest BCUT2D eigenvalue weighted by atomic mass is 35.5. The molecule has 1 heterocycles. The van der Waals surface area contributed by atoms with Crippen LogP contribution in [0.15, 0.2) is 30.6 Å². The molecule has 0 fully saturated rings. The Kier molecular flexibility index (Phi) is 3.52. The minimum atomic E-state index is 0.599. The Balaban J connectivity index is 2.05. The van der Waals surface area contributed by atoms with E-state index in [1.54, 1.807) is 0 Å². The second kappa shape index (κ2) is 4.89. The van der Waals surface area contributed by atoms with Gasteiger partial charge >= 0.3 is 0 Å². The lowest BCUT2D eigenvalue weighted by Crippen LogP contribution is -1.99. The third kappa shape index (κ3) is 2.57. The summed E-state index contributed by atoms with van der Waals surface area (Å²) >= 11 is 11.8. The predicted molar refractivity (Wildman–Crippen MR) is 67.1 cm³/mol. The topological polar surface area (TPSA) is 17.8 Å². The molecule has 0 aliphatic rings. The van der Waals surface area contributed by atoms with Crippen molar-refractivity contribution in [2.75, 3.05) is 0 Å². The highest BCUT2D eigenvalue weighted by Crippen LogP contribution is 2.23. The van der Waals surface area contributed by atoms with Crippen LogP contribution < -0.4 is 0 Å². The zero-order valence-electron chi connectivity index (χ0n) is 8.95. The molecule has 1 aromatic heterocycles. The molecule has 16 heavy (non-hydrogen) atoms. The van der Waals surface area contributed by atoms with Crippen molar-refractivity contribution in [2.45, 2.75) is 12.8 Å². The van der Waals surface area contributed by atoms with Gasteiger partial charge in [0.25, 0.3) is 0 Å². The van der Waals surface area contributed by atoms with E-state index in [4.69, 9.17) is 23.2 Å². The minimum Gasteiger partial charge on any atom is -0.338 e. The van der Waals surface area contributed by atoms with Crippen LogP contribution in [0.4, 0.5) is 0 Å². The van der Waals surface area contributed by atoms with Crippen molar-refractivity contribution >= 4 is 23.2 Å². The Morgan fingerprint density at radius 3 is 2.62 bits per heavy atom. The van der Waals surface area contributed by atoms with Crippen molar-refractivity contribution in [1.82, 2.24) is 9.55 Å². The van der Waals surface area contributed by atoms with Crippen molar-refractivity contribution in [3.8, 4) is 0 Å². The Bertz CT molecular complexity index is 492. The summed E-state index contributed by atoms with van der Waals surface area (Å²) in [5.74, 6) is 1.08. The third-order valence-corrected chi connectivity index (χ3v) is 3.28. The molecule has 0 spiro atoms. The van der Waals surface area contributed by atoms with Crippen LogP contribution in [-0.4, -0.2) is 9.55 Å². The molecule has 0 aliphatic carbocycles. The average Bonchev–Trinajstić information content (AvgIpc) is 2.66. The largest absolute Gasteiger partial charge is 0.338 e. The first kappa shape index (κ1) is 11.5. The van der Waals surface area contributed by atoms with E-state index < -0.39 is 0 Å². The van der Waals surface area contributed by atoms with E-state index in [9.17, 15) is 0 Å². The zero-order chi connectivity index (χ0) is 11.5. The van der Waals surface area contributed by atoms with Gasteiger partial charge in [0.2, 0.25) is 0 Å². The number of hydrogen-bond acceptors (Lipinski definition) is 1. The van der Waals surface area contributed by atoms with Crippen LogP contribution in [-0.2, 0) is 19.9 Å². The van der Waals surface area contributed by atoms with Gasteiger partial charge in [-0.3, -0.25) is 0 Å². The lowest BCUT2D eigenvalue weighted by molar-refractivity contribution is 0.771. The summed E-state index contributed by atoms with van der Waals surface area (Å²) in [6.45, 7) is 0. The fraction of sp³-hybridized carbons (Fsp3) is 0.250. The van der Waals surface area contributed by atoms with E-state index >= 15 is 0 Å². The normalized spacial score (nSPS) is 10.7. The van der Waals surface area contributed by atoms with Crippen LogP contribution in [0.1, 0.15) is 11.4 Å². The van der Waals surface area contributed by atoms with Crippen LogP contribution >= 0.6 is 23.2 Å². The molecule has 2 rings (SSSR count). The molecule has 2 aromatic rings. The number of halogens is 2. The smallest absolute Gasteiger partial charge is 0.108 e. The summed E-state index contributed by atoms with van der Waals surface area (Å²) in [4.78, 5) is 4.27. The molecule has 0 aliphatic heterocycles. The Labute approximate surface area is 105 Å². The number of rotatable bonds is 3. The summed E-state index contributed by atoms with van der Waals surface area (Å²) in [6, 6.07) is 5.74. The molecule has 0 atom stereocenters. The van der Waals surface area contributed by atoms with E-state index in [1.165, 1.54) is 5.56 Å². The maximum Gasteiger partial charge on any atom is 0.108 e. The second-order valence-electron chi connectivity index (χ2n) is 3.70. The number of aromatic nitrogens is 2. The predicted octanol–water partition coefficient (Wildman–Crippen LogP) is 3.51. The number of nitrogens with zero attached hydrogens (tertiary/aromatic N) is 2.